The molecule has 2 rings (SSSR count). The van der Waals surface area contributed by atoms with Crippen molar-refractivity contribution in [3.8, 4) is 5.75 Å². The summed E-state index contributed by atoms with van der Waals surface area (Å²) in [5.74, 6) is -0.332. The minimum atomic E-state index is -0.515. The Morgan fingerprint density at radius 1 is 1.11 bits per heavy atom. The topological polar surface area (TPSA) is 78.7 Å². The molecule has 27 heavy (non-hydrogen) atoms. The molecule has 0 aromatic heterocycles. The van der Waals surface area contributed by atoms with Crippen LogP contribution in [0, 0.1) is 17.0 Å². The predicted molar refractivity (Wildman–Crippen MR) is 108 cm³/mol. The molecule has 2 aromatic carbocycles. The van der Waals surface area contributed by atoms with Crippen LogP contribution in [0.3, 0.4) is 0 Å². The highest BCUT2D eigenvalue weighted by Crippen LogP contribution is 2.33. The Morgan fingerprint density at radius 3 is 2.15 bits per heavy atom. The number of aryl methyl sites for hydroxylation is 1. The Balaban J connectivity index is 0.00000158. The smallest absolute Gasteiger partial charge is 0.337 e. The Morgan fingerprint density at radius 2 is 1.67 bits per heavy atom. The molecule has 6 nitrogen and oxygen atoms in total. The van der Waals surface area contributed by atoms with Crippen LogP contribution >= 0.6 is 11.6 Å². The van der Waals surface area contributed by atoms with Crippen molar-refractivity contribution in [3.63, 3.8) is 0 Å². The van der Waals surface area contributed by atoms with Gasteiger partial charge in [0.25, 0.3) is 0 Å². The maximum atomic E-state index is 11.3. The summed E-state index contributed by atoms with van der Waals surface area (Å²) in [4.78, 5) is 21.9. The summed E-state index contributed by atoms with van der Waals surface area (Å²) < 4.78 is 10.1. The van der Waals surface area contributed by atoms with Crippen molar-refractivity contribution < 1.29 is 19.2 Å². The molecule has 0 N–H and O–H groups in total. The van der Waals surface area contributed by atoms with Crippen LogP contribution in [-0.4, -0.2) is 18.0 Å². The lowest BCUT2D eigenvalue weighted by Crippen LogP contribution is -2.03. The van der Waals surface area contributed by atoms with Crippen molar-refractivity contribution in [1.82, 2.24) is 0 Å². The van der Waals surface area contributed by atoms with E-state index in [9.17, 15) is 14.9 Å². The number of nitro groups is 1. The number of esters is 1. The highest BCUT2D eigenvalue weighted by molar-refractivity contribution is 6.31. The van der Waals surface area contributed by atoms with Crippen LogP contribution in [-0.2, 0) is 11.3 Å². The molecule has 0 fully saturated rings. The number of hydrogen-bond acceptors (Lipinski definition) is 5. The van der Waals surface area contributed by atoms with Gasteiger partial charge in [-0.25, -0.2) is 4.79 Å². The van der Waals surface area contributed by atoms with Crippen molar-refractivity contribution in [2.45, 2.75) is 41.2 Å². The minimum Gasteiger partial charge on any atom is -0.482 e. The van der Waals surface area contributed by atoms with E-state index in [1.807, 2.05) is 27.7 Å². The average molecular weight is 396 g/mol. The number of ether oxygens (including phenoxy) is 2. The third-order valence-corrected chi connectivity index (χ3v) is 3.61. The van der Waals surface area contributed by atoms with Crippen molar-refractivity contribution in [2.75, 3.05) is 7.11 Å². The van der Waals surface area contributed by atoms with Gasteiger partial charge in [-0.1, -0.05) is 51.4 Å². The fraction of sp³-hybridized carbons (Fsp3) is 0.350. The zero-order chi connectivity index (χ0) is 21.0. The van der Waals surface area contributed by atoms with E-state index >= 15 is 0 Å². The van der Waals surface area contributed by atoms with Crippen LogP contribution in [0.1, 0.15) is 49.2 Å². The monoisotopic (exact) mass is 395 g/mol. The first-order valence-corrected chi connectivity index (χ1v) is 9.04. The molecule has 0 aliphatic heterocycles. The van der Waals surface area contributed by atoms with Gasteiger partial charge in [-0.05, 0) is 30.2 Å². The number of nitrogens with zero attached hydrogens (tertiary/aromatic N) is 1. The van der Waals surface area contributed by atoms with Gasteiger partial charge in [0.2, 0.25) is 0 Å². The van der Waals surface area contributed by atoms with Crippen LogP contribution < -0.4 is 4.74 Å². The zero-order valence-corrected chi connectivity index (χ0v) is 17.3. The molecule has 0 radical (unpaired) electrons. The Kier molecular flexibility index (Phi) is 11.5. The largest absolute Gasteiger partial charge is 0.482 e. The standard InChI is InChI=1S/C16H14ClNO5.2C2H6/c1-10-7-14(18(20)21)15(8-13(10)17)23-9-11-3-5-12(6-4-11)16(19)22-2;2*1-2/h3-8H,9H2,1-2H3;2*1-2H3. The van der Waals surface area contributed by atoms with Gasteiger partial charge in [0, 0.05) is 17.2 Å². The van der Waals surface area contributed by atoms with Crippen molar-refractivity contribution in [1.29, 1.82) is 0 Å². The third kappa shape index (κ3) is 7.27. The third-order valence-electron chi connectivity index (χ3n) is 3.21. The molecule has 2 aromatic rings. The first kappa shape index (κ1) is 24.4. The highest BCUT2D eigenvalue weighted by atomic mass is 35.5. The van der Waals surface area contributed by atoms with Gasteiger partial charge in [-0.15, -0.1) is 0 Å². The lowest BCUT2D eigenvalue weighted by Gasteiger charge is -2.09. The quantitative estimate of drug-likeness (QED) is 0.353. The van der Waals surface area contributed by atoms with Crippen LogP contribution in [0.2, 0.25) is 5.02 Å². The van der Waals surface area contributed by atoms with Gasteiger partial charge >= 0.3 is 11.7 Å². The Bertz CT molecular complexity index is 745. The summed E-state index contributed by atoms with van der Waals surface area (Å²) in [6.45, 7) is 9.80. The van der Waals surface area contributed by atoms with Crippen molar-refractivity contribution in [3.05, 3.63) is 68.2 Å². The maximum absolute atomic E-state index is 11.3. The second-order valence-electron chi connectivity index (χ2n) is 4.80. The van der Waals surface area contributed by atoms with Gasteiger partial charge < -0.3 is 9.47 Å². The Hall–Kier alpha value is -2.60. The molecule has 0 heterocycles. The molecular weight excluding hydrogens is 370 g/mol. The van der Waals surface area contributed by atoms with E-state index in [1.54, 1.807) is 31.2 Å². The first-order chi connectivity index (χ1) is 12.9. The van der Waals surface area contributed by atoms with Crippen LogP contribution in [0.25, 0.3) is 0 Å². The van der Waals surface area contributed by atoms with Crippen LogP contribution in [0.5, 0.6) is 5.75 Å². The Labute approximate surface area is 165 Å². The molecule has 0 saturated heterocycles. The lowest BCUT2D eigenvalue weighted by atomic mass is 10.1. The molecule has 7 heteroatoms. The van der Waals surface area contributed by atoms with Crippen molar-refractivity contribution in [2.24, 2.45) is 0 Å². The summed E-state index contributed by atoms with van der Waals surface area (Å²) >= 11 is 5.99. The van der Waals surface area contributed by atoms with Crippen LogP contribution in [0.4, 0.5) is 5.69 Å². The number of halogens is 1. The molecule has 148 valence electrons. The normalized spacial score (nSPS) is 9.15. The molecule has 0 atom stereocenters. The van der Waals surface area contributed by atoms with Gasteiger partial charge in [0.05, 0.1) is 17.6 Å². The summed E-state index contributed by atoms with van der Waals surface area (Å²) in [5.41, 5.74) is 1.63. The lowest BCUT2D eigenvalue weighted by molar-refractivity contribution is -0.386. The highest BCUT2D eigenvalue weighted by Gasteiger charge is 2.17. The van der Waals surface area contributed by atoms with E-state index in [4.69, 9.17) is 16.3 Å². The summed E-state index contributed by atoms with van der Waals surface area (Å²) in [5, 5.41) is 11.5. The molecule has 0 saturated carbocycles. The van der Waals surface area contributed by atoms with E-state index in [2.05, 4.69) is 4.74 Å². The summed E-state index contributed by atoms with van der Waals surface area (Å²) in [6.07, 6.45) is 0. The van der Waals surface area contributed by atoms with E-state index in [-0.39, 0.29) is 18.0 Å². The van der Waals surface area contributed by atoms with Crippen molar-refractivity contribution >= 4 is 23.3 Å². The predicted octanol–water partition coefficient (Wildman–Crippen LogP) is 5.97. The summed E-state index contributed by atoms with van der Waals surface area (Å²) in [6, 6.07) is 9.37. The van der Waals surface area contributed by atoms with E-state index in [0.29, 0.717) is 16.1 Å². The maximum Gasteiger partial charge on any atom is 0.337 e. The molecule has 0 aliphatic carbocycles. The van der Waals surface area contributed by atoms with Gasteiger partial charge in [0.15, 0.2) is 5.75 Å². The fourth-order valence-electron chi connectivity index (χ4n) is 1.92. The van der Waals surface area contributed by atoms with E-state index < -0.39 is 10.9 Å². The van der Waals surface area contributed by atoms with Gasteiger partial charge in [-0.2, -0.15) is 0 Å². The second-order valence-corrected chi connectivity index (χ2v) is 5.21. The van der Waals surface area contributed by atoms with E-state index in [0.717, 1.165) is 5.56 Å². The number of benzene rings is 2. The average Bonchev–Trinajstić information content (AvgIpc) is 2.71. The minimum absolute atomic E-state index is 0.0997. The molecule has 0 bridgehead atoms. The SMILES string of the molecule is CC.CC.COC(=O)c1ccc(COc2cc(Cl)c(C)cc2[N+](=O)[O-])cc1. The molecule has 0 amide bonds. The molecule has 0 aliphatic rings. The second kappa shape index (κ2) is 12.7. The number of carbonyl (C=O) groups is 1. The number of methoxy groups -OCH3 is 1. The number of hydrogen-bond donors (Lipinski definition) is 0. The fourth-order valence-corrected chi connectivity index (χ4v) is 2.08. The zero-order valence-electron chi connectivity index (χ0n) is 16.5. The summed E-state index contributed by atoms with van der Waals surface area (Å²) in [7, 11) is 1.31. The van der Waals surface area contributed by atoms with Gasteiger partial charge in [0.1, 0.15) is 6.61 Å². The van der Waals surface area contributed by atoms with Crippen LogP contribution in [0.15, 0.2) is 36.4 Å². The molecule has 0 unspecified atom stereocenters. The first-order valence-electron chi connectivity index (χ1n) is 8.67. The number of nitro benzene ring substituents is 1. The number of rotatable bonds is 5. The molecular formula is C20H26ClNO5. The van der Waals surface area contributed by atoms with Gasteiger partial charge in [-0.3, -0.25) is 10.1 Å². The van der Waals surface area contributed by atoms with E-state index in [1.165, 1.54) is 19.2 Å². The number of carbonyl (C=O) groups excluding carboxylic acids is 1. The molecule has 0 spiro atoms.